The molecule has 20 heavy (non-hydrogen) atoms. The Morgan fingerprint density at radius 1 is 1.25 bits per heavy atom. The first-order valence-corrected chi connectivity index (χ1v) is 8.11. The van der Waals surface area contributed by atoms with E-state index in [9.17, 15) is 4.79 Å². The summed E-state index contributed by atoms with van der Waals surface area (Å²) in [5.74, 6) is 2.47. The van der Waals surface area contributed by atoms with E-state index >= 15 is 0 Å². The van der Waals surface area contributed by atoms with Gasteiger partial charge >= 0.3 is 6.03 Å². The van der Waals surface area contributed by atoms with Crippen molar-refractivity contribution in [3.8, 4) is 6.07 Å². The van der Waals surface area contributed by atoms with Gasteiger partial charge in [-0.3, -0.25) is 0 Å². The Bertz CT molecular complexity index is 391. The van der Waals surface area contributed by atoms with Gasteiger partial charge in [0.05, 0.1) is 6.07 Å². The van der Waals surface area contributed by atoms with Gasteiger partial charge in [0, 0.05) is 5.54 Å². The number of carbonyl (C=O) groups is 1. The van der Waals surface area contributed by atoms with Crippen LogP contribution in [0, 0.1) is 29.1 Å². The van der Waals surface area contributed by atoms with Crippen LogP contribution < -0.4 is 10.6 Å². The lowest BCUT2D eigenvalue weighted by atomic mass is 9.53. The zero-order valence-corrected chi connectivity index (χ0v) is 12.3. The van der Waals surface area contributed by atoms with Crippen LogP contribution in [0.25, 0.3) is 0 Å². The number of rotatable bonds is 4. The predicted molar refractivity (Wildman–Crippen MR) is 76.9 cm³/mol. The molecule has 0 spiro atoms. The van der Waals surface area contributed by atoms with Gasteiger partial charge < -0.3 is 10.6 Å². The molecule has 4 aliphatic carbocycles. The van der Waals surface area contributed by atoms with Gasteiger partial charge in [-0.05, 0) is 62.7 Å². The molecule has 1 atom stereocenters. The van der Waals surface area contributed by atoms with Gasteiger partial charge in [-0.2, -0.15) is 5.26 Å². The number of nitrogens with zero attached hydrogens (tertiary/aromatic N) is 1. The van der Waals surface area contributed by atoms with Gasteiger partial charge in [0.25, 0.3) is 0 Å². The molecule has 0 aromatic rings. The maximum Gasteiger partial charge on any atom is 0.316 e. The van der Waals surface area contributed by atoms with E-state index in [0.29, 0.717) is 0 Å². The monoisotopic (exact) mass is 275 g/mol. The van der Waals surface area contributed by atoms with Gasteiger partial charge in [-0.25, -0.2) is 4.79 Å². The number of carbonyl (C=O) groups excluding carboxylic acids is 1. The fourth-order valence-electron chi connectivity index (χ4n) is 5.16. The van der Waals surface area contributed by atoms with Crippen molar-refractivity contribution in [3.05, 3.63) is 0 Å². The van der Waals surface area contributed by atoms with Crippen LogP contribution in [-0.4, -0.2) is 17.6 Å². The van der Waals surface area contributed by atoms with Crippen molar-refractivity contribution in [1.82, 2.24) is 10.6 Å². The molecule has 0 aromatic carbocycles. The lowest BCUT2D eigenvalue weighted by molar-refractivity contribution is -0.0136. The SMILES string of the molecule is CCCC(C#N)NC(=O)NC12CC3CC(CC(C3)C1)C2. The molecule has 0 aromatic heterocycles. The molecule has 4 fully saturated rings. The lowest BCUT2D eigenvalue weighted by Crippen LogP contribution is -2.62. The molecule has 4 aliphatic rings. The van der Waals surface area contributed by atoms with Crippen LogP contribution in [0.2, 0.25) is 0 Å². The van der Waals surface area contributed by atoms with Crippen LogP contribution >= 0.6 is 0 Å². The van der Waals surface area contributed by atoms with Crippen molar-refractivity contribution in [1.29, 1.82) is 5.26 Å². The number of amides is 2. The summed E-state index contributed by atoms with van der Waals surface area (Å²) in [7, 11) is 0. The largest absolute Gasteiger partial charge is 0.333 e. The number of nitriles is 1. The summed E-state index contributed by atoms with van der Waals surface area (Å²) in [5, 5.41) is 15.1. The van der Waals surface area contributed by atoms with Crippen molar-refractivity contribution in [2.45, 2.75) is 69.9 Å². The van der Waals surface area contributed by atoms with Crippen LogP contribution in [0.3, 0.4) is 0 Å². The summed E-state index contributed by atoms with van der Waals surface area (Å²) >= 11 is 0. The number of nitrogens with one attached hydrogen (secondary N) is 2. The van der Waals surface area contributed by atoms with Gasteiger partial charge in [0.15, 0.2) is 0 Å². The van der Waals surface area contributed by atoms with Gasteiger partial charge in [-0.15, -0.1) is 0 Å². The molecule has 2 N–H and O–H groups in total. The first kappa shape index (κ1) is 13.7. The number of hydrogen-bond donors (Lipinski definition) is 2. The summed E-state index contributed by atoms with van der Waals surface area (Å²) in [6.45, 7) is 2.03. The minimum atomic E-state index is -0.353. The maximum atomic E-state index is 12.2. The zero-order chi connectivity index (χ0) is 14.2. The molecule has 2 amide bonds. The van der Waals surface area contributed by atoms with E-state index in [4.69, 9.17) is 5.26 Å². The predicted octanol–water partition coefficient (Wildman–Crippen LogP) is 2.95. The quantitative estimate of drug-likeness (QED) is 0.828. The fraction of sp³-hybridized carbons (Fsp3) is 0.875. The normalized spacial score (nSPS) is 39.1. The molecule has 4 saturated carbocycles. The lowest BCUT2D eigenvalue weighted by Gasteiger charge is -2.56. The van der Waals surface area contributed by atoms with E-state index in [1.54, 1.807) is 0 Å². The standard InChI is InChI=1S/C16H25N3O/c1-2-3-14(10-17)18-15(20)19-16-7-11-4-12(8-16)6-13(5-11)9-16/h11-14H,2-9H2,1H3,(H2,18,19,20). The van der Waals surface area contributed by atoms with Crippen LogP contribution in [0.5, 0.6) is 0 Å². The summed E-state index contributed by atoms with van der Waals surface area (Å²) in [6.07, 6.45) is 9.21. The third-order valence-corrected chi connectivity index (χ3v) is 5.46. The van der Waals surface area contributed by atoms with Crippen molar-refractivity contribution < 1.29 is 4.79 Å². The molecule has 4 heteroatoms. The molecule has 0 aliphatic heterocycles. The highest BCUT2D eigenvalue weighted by molar-refractivity contribution is 5.75. The Balaban J connectivity index is 1.60. The van der Waals surface area contributed by atoms with E-state index in [0.717, 1.165) is 49.9 Å². The van der Waals surface area contributed by atoms with Gasteiger partial charge in [-0.1, -0.05) is 13.3 Å². The molecule has 0 heterocycles. The smallest absolute Gasteiger partial charge is 0.316 e. The molecular weight excluding hydrogens is 250 g/mol. The van der Waals surface area contributed by atoms with Crippen molar-refractivity contribution in [2.24, 2.45) is 17.8 Å². The fourth-order valence-corrected chi connectivity index (χ4v) is 5.16. The first-order chi connectivity index (χ1) is 9.62. The third kappa shape index (κ3) is 2.63. The average Bonchev–Trinajstić information content (AvgIpc) is 2.35. The van der Waals surface area contributed by atoms with E-state index in [-0.39, 0.29) is 17.6 Å². The molecule has 4 bridgehead atoms. The molecular formula is C16H25N3O. The molecule has 0 radical (unpaired) electrons. The van der Waals surface area contributed by atoms with Crippen molar-refractivity contribution in [3.63, 3.8) is 0 Å². The highest BCUT2D eigenvalue weighted by atomic mass is 16.2. The van der Waals surface area contributed by atoms with Gasteiger partial charge in [0.1, 0.15) is 6.04 Å². The highest BCUT2D eigenvalue weighted by Crippen LogP contribution is 2.55. The Morgan fingerprint density at radius 2 is 1.80 bits per heavy atom. The Labute approximate surface area is 121 Å². The summed E-state index contributed by atoms with van der Waals surface area (Å²) in [4.78, 5) is 12.2. The van der Waals surface area contributed by atoms with E-state index in [1.807, 2.05) is 6.92 Å². The van der Waals surface area contributed by atoms with Crippen molar-refractivity contribution in [2.75, 3.05) is 0 Å². The molecule has 0 saturated heterocycles. The second-order valence-electron chi connectivity index (χ2n) is 7.27. The summed E-state index contributed by atoms with van der Waals surface area (Å²) < 4.78 is 0. The highest BCUT2D eigenvalue weighted by Gasteiger charge is 2.51. The van der Waals surface area contributed by atoms with Crippen LogP contribution in [0.1, 0.15) is 58.3 Å². The molecule has 110 valence electrons. The minimum Gasteiger partial charge on any atom is -0.333 e. The summed E-state index contributed by atoms with van der Waals surface area (Å²) in [5.41, 5.74) is 0.0328. The summed E-state index contributed by atoms with van der Waals surface area (Å²) in [6, 6.07) is 1.68. The molecule has 1 unspecified atom stereocenters. The van der Waals surface area contributed by atoms with Crippen LogP contribution in [0.15, 0.2) is 0 Å². The third-order valence-electron chi connectivity index (χ3n) is 5.46. The Morgan fingerprint density at radius 3 is 2.25 bits per heavy atom. The van der Waals surface area contributed by atoms with E-state index in [2.05, 4.69) is 16.7 Å². The van der Waals surface area contributed by atoms with Crippen LogP contribution in [-0.2, 0) is 0 Å². The van der Waals surface area contributed by atoms with Crippen molar-refractivity contribution >= 4 is 6.03 Å². The minimum absolute atomic E-state index is 0.0328. The zero-order valence-electron chi connectivity index (χ0n) is 12.3. The second-order valence-corrected chi connectivity index (χ2v) is 7.27. The van der Waals surface area contributed by atoms with Gasteiger partial charge in [0.2, 0.25) is 0 Å². The first-order valence-electron chi connectivity index (χ1n) is 8.11. The number of urea groups is 1. The van der Waals surface area contributed by atoms with Crippen LogP contribution in [0.4, 0.5) is 4.79 Å². The maximum absolute atomic E-state index is 12.2. The molecule has 4 nitrogen and oxygen atoms in total. The Hall–Kier alpha value is -1.24. The topological polar surface area (TPSA) is 64.9 Å². The molecule has 4 rings (SSSR count). The van der Waals surface area contributed by atoms with E-state index < -0.39 is 0 Å². The average molecular weight is 275 g/mol. The van der Waals surface area contributed by atoms with E-state index in [1.165, 1.54) is 19.3 Å². The second kappa shape index (κ2) is 5.27. The Kier molecular flexibility index (Phi) is 3.62. The number of hydrogen-bond acceptors (Lipinski definition) is 2.